The highest BCUT2D eigenvalue weighted by atomic mass is 16.6. The van der Waals surface area contributed by atoms with Crippen LogP contribution in [0, 0.1) is 0 Å². The Balaban J connectivity index is 1.40. The van der Waals surface area contributed by atoms with Gasteiger partial charge in [0.15, 0.2) is 11.9 Å². The minimum atomic E-state index is -1.29. The number of methoxy groups -OCH3 is 2. The summed E-state index contributed by atoms with van der Waals surface area (Å²) in [5.74, 6) is 1.39. The molecule has 216 valence electrons. The quantitative estimate of drug-likeness (QED) is 0.260. The number of imidazole rings is 1. The van der Waals surface area contributed by atoms with Crippen molar-refractivity contribution in [1.82, 2.24) is 14.2 Å². The Kier molecular flexibility index (Phi) is 7.53. The van der Waals surface area contributed by atoms with Gasteiger partial charge in [-0.05, 0) is 41.0 Å². The molecule has 10 nitrogen and oxygen atoms in total. The number of aromatic nitrogens is 3. The predicted octanol–water partition coefficient (Wildman–Crippen LogP) is 3.14. The number of fused-ring (bicyclic) bond motifs is 1. The standard InChI is InChI=1S/C32H31N3O7/c1-39-24-12-8-22(9-13-24)32(21-6-4-3-5-7-21,23-10-14-25(40-2)15-11-23)41-20-27-28(37)29(38)31(42-27)35-18-16-26(36)30-33-17-19-34(30)35/h3-19,27-29,31,37-38H,20H2,1-2H3/t27-,28-,29-,31-/m1/s1. The van der Waals surface area contributed by atoms with Gasteiger partial charge in [0.1, 0.15) is 35.4 Å². The maximum absolute atomic E-state index is 12.2. The summed E-state index contributed by atoms with van der Waals surface area (Å²) in [5, 5.41) is 22.2. The van der Waals surface area contributed by atoms with Crippen LogP contribution in [0.4, 0.5) is 0 Å². The molecule has 0 bridgehead atoms. The van der Waals surface area contributed by atoms with E-state index in [-0.39, 0.29) is 17.7 Å². The van der Waals surface area contributed by atoms with E-state index in [1.165, 1.54) is 27.7 Å². The Bertz CT molecular complexity index is 1650. The van der Waals surface area contributed by atoms with Gasteiger partial charge in [-0.15, -0.1) is 0 Å². The van der Waals surface area contributed by atoms with Crippen LogP contribution in [0.1, 0.15) is 22.9 Å². The average Bonchev–Trinajstić information content (AvgIpc) is 3.65. The number of hydrogen-bond donors (Lipinski definition) is 2. The van der Waals surface area contributed by atoms with Crippen molar-refractivity contribution in [3.05, 3.63) is 130 Å². The van der Waals surface area contributed by atoms with E-state index >= 15 is 0 Å². The van der Waals surface area contributed by atoms with Gasteiger partial charge < -0.3 is 29.2 Å². The van der Waals surface area contributed by atoms with E-state index in [1.54, 1.807) is 20.4 Å². The third-order valence-electron chi connectivity index (χ3n) is 7.70. The van der Waals surface area contributed by atoms with Crippen molar-refractivity contribution in [2.75, 3.05) is 20.8 Å². The lowest BCUT2D eigenvalue weighted by Gasteiger charge is -2.37. The largest absolute Gasteiger partial charge is 0.497 e. The molecule has 0 amide bonds. The summed E-state index contributed by atoms with van der Waals surface area (Å²) in [4.78, 5) is 16.3. The second kappa shape index (κ2) is 11.4. The van der Waals surface area contributed by atoms with Gasteiger partial charge in [-0.1, -0.05) is 54.6 Å². The lowest BCUT2D eigenvalue weighted by molar-refractivity contribution is -0.0985. The van der Waals surface area contributed by atoms with Crippen LogP contribution in [0.25, 0.3) is 5.65 Å². The predicted molar refractivity (Wildman–Crippen MR) is 154 cm³/mol. The molecule has 0 aliphatic carbocycles. The summed E-state index contributed by atoms with van der Waals surface area (Å²) in [6.07, 6.45) is 0.138. The van der Waals surface area contributed by atoms with E-state index in [9.17, 15) is 15.0 Å². The monoisotopic (exact) mass is 569 g/mol. The summed E-state index contributed by atoms with van der Waals surface area (Å²) < 4.78 is 26.9. The second-order valence-corrected chi connectivity index (χ2v) is 10.0. The third kappa shape index (κ3) is 4.74. The van der Waals surface area contributed by atoms with E-state index in [0.717, 1.165) is 16.7 Å². The van der Waals surface area contributed by atoms with E-state index in [4.69, 9.17) is 18.9 Å². The Morgan fingerprint density at radius 1 is 0.810 bits per heavy atom. The molecule has 0 spiro atoms. The smallest absolute Gasteiger partial charge is 0.224 e. The molecule has 42 heavy (non-hydrogen) atoms. The zero-order valence-electron chi connectivity index (χ0n) is 23.1. The molecule has 3 aromatic carbocycles. The molecule has 10 heteroatoms. The first-order valence-corrected chi connectivity index (χ1v) is 13.5. The molecule has 1 aliphatic rings. The summed E-state index contributed by atoms with van der Waals surface area (Å²) in [7, 11) is 3.22. The van der Waals surface area contributed by atoms with Crippen molar-refractivity contribution in [3.63, 3.8) is 0 Å². The lowest BCUT2D eigenvalue weighted by atomic mass is 9.80. The Morgan fingerprint density at radius 2 is 1.40 bits per heavy atom. The lowest BCUT2D eigenvalue weighted by Crippen LogP contribution is -2.39. The molecule has 2 N–H and O–H groups in total. The molecule has 5 aromatic rings. The minimum absolute atomic E-state index is 0.0745. The van der Waals surface area contributed by atoms with Crippen LogP contribution in [-0.2, 0) is 15.1 Å². The Morgan fingerprint density at radius 3 is 2.00 bits per heavy atom. The van der Waals surface area contributed by atoms with Crippen molar-refractivity contribution >= 4 is 5.65 Å². The van der Waals surface area contributed by atoms with Crippen molar-refractivity contribution in [3.8, 4) is 11.5 Å². The number of nitrogens with zero attached hydrogens (tertiary/aromatic N) is 3. The Labute approximate surface area is 241 Å². The first kappa shape index (κ1) is 27.7. The topological polar surface area (TPSA) is 117 Å². The fourth-order valence-corrected chi connectivity index (χ4v) is 5.52. The van der Waals surface area contributed by atoms with E-state index in [2.05, 4.69) is 4.98 Å². The molecule has 1 fully saturated rings. The summed E-state index contributed by atoms with van der Waals surface area (Å²) in [6, 6.07) is 26.4. The van der Waals surface area contributed by atoms with E-state index in [0.29, 0.717) is 11.5 Å². The van der Waals surface area contributed by atoms with Gasteiger partial charge >= 0.3 is 0 Å². The number of ether oxygens (including phenoxy) is 4. The molecule has 1 aliphatic heterocycles. The van der Waals surface area contributed by atoms with Gasteiger partial charge in [0.05, 0.1) is 20.8 Å². The van der Waals surface area contributed by atoms with Gasteiger partial charge in [0.2, 0.25) is 5.43 Å². The van der Waals surface area contributed by atoms with Crippen LogP contribution in [0.2, 0.25) is 0 Å². The van der Waals surface area contributed by atoms with E-state index in [1.807, 2.05) is 78.9 Å². The number of aliphatic hydroxyl groups is 2. The molecule has 0 saturated carbocycles. The molecule has 2 aromatic heterocycles. The van der Waals surface area contributed by atoms with E-state index < -0.39 is 30.1 Å². The molecule has 3 heterocycles. The van der Waals surface area contributed by atoms with Crippen LogP contribution >= 0.6 is 0 Å². The second-order valence-electron chi connectivity index (χ2n) is 10.0. The number of hydrogen-bond acceptors (Lipinski definition) is 8. The molecular formula is C32H31N3O7. The van der Waals surface area contributed by atoms with Crippen molar-refractivity contribution in [2.24, 2.45) is 0 Å². The van der Waals surface area contributed by atoms with Crippen LogP contribution in [0.3, 0.4) is 0 Å². The van der Waals surface area contributed by atoms with Gasteiger partial charge in [-0.25, -0.2) is 9.50 Å². The molecule has 6 rings (SSSR count). The van der Waals surface area contributed by atoms with Crippen molar-refractivity contribution in [1.29, 1.82) is 0 Å². The maximum Gasteiger partial charge on any atom is 0.224 e. The molecular weight excluding hydrogens is 538 g/mol. The van der Waals surface area contributed by atoms with Crippen LogP contribution < -0.4 is 14.9 Å². The molecule has 0 radical (unpaired) electrons. The molecule has 0 unspecified atom stereocenters. The summed E-state index contributed by atoms with van der Waals surface area (Å²) in [6.45, 7) is -0.0745. The summed E-state index contributed by atoms with van der Waals surface area (Å²) >= 11 is 0. The maximum atomic E-state index is 12.2. The van der Waals surface area contributed by atoms with Crippen LogP contribution in [-0.4, -0.2) is 63.5 Å². The first-order valence-electron chi connectivity index (χ1n) is 13.5. The van der Waals surface area contributed by atoms with Crippen molar-refractivity contribution < 1.29 is 29.2 Å². The van der Waals surface area contributed by atoms with Crippen molar-refractivity contribution in [2.45, 2.75) is 30.1 Å². The van der Waals surface area contributed by atoms with Gasteiger partial charge in [0.25, 0.3) is 0 Å². The van der Waals surface area contributed by atoms with Gasteiger partial charge in [-0.2, -0.15) is 0 Å². The average molecular weight is 570 g/mol. The SMILES string of the molecule is COc1ccc(C(OC[C@H]2O[C@@H](n3ccc(=O)c4nccn43)[C@H](O)[C@@H]2O)(c2ccccc2)c2ccc(OC)cc2)cc1. The fourth-order valence-electron chi connectivity index (χ4n) is 5.52. The van der Waals surface area contributed by atoms with Crippen LogP contribution in [0.5, 0.6) is 11.5 Å². The highest BCUT2D eigenvalue weighted by molar-refractivity contribution is 5.49. The zero-order chi connectivity index (χ0) is 29.3. The minimum Gasteiger partial charge on any atom is -0.497 e. The highest BCUT2D eigenvalue weighted by Gasteiger charge is 2.46. The zero-order valence-corrected chi connectivity index (χ0v) is 23.1. The van der Waals surface area contributed by atoms with Gasteiger partial charge in [-0.3, -0.25) is 9.48 Å². The summed E-state index contributed by atoms with van der Waals surface area (Å²) in [5.41, 5.74) is 1.29. The number of rotatable bonds is 9. The first-order chi connectivity index (χ1) is 20.5. The van der Waals surface area contributed by atoms with Gasteiger partial charge in [0, 0.05) is 24.7 Å². The number of benzene rings is 3. The molecule has 4 atom stereocenters. The molecule has 1 saturated heterocycles. The Hall–Kier alpha value is -4.48. The number of aliphatic hydroxyl groups excluding tert-OH is 2. The highest BCUT2D eigenvalue weighted by Crippen LogP contribution is 2.42. The third-order valence-corrected chi connectivity index (χ3v) is 7.70. The van der Waals surface area contributed by atoms with Crippen LogP contribution in [0.15, 0.2) is 108 Å². The fraction of sp³-hybridized carbons (Fsp3) is 0.250. The normalized spacial score (nSPS) is 20.6.